The van der Waals surface area contributed by atoms with Gasteiger partial charge in [0.2, 0.25) is 0 Å². The summed E-state index contributed by atoms with van der Waals surface area (Å²) in [6, 6.07) is 12.8. The first kappa shape index (κ1) is 18.7. The number of aryl methyl sites for hydroxylation is 1. The van der Waals surface area contributed by atoms with Gasteiger partial charge in [0.15, 0.2) is 0 Å². The number of carbonyl (C=O) groups is 1. The lowest BCUT2D eigenvalue weighted by Crippen LogP contribution is -2.46. The molecule has 2 aliphatic rings. The van der Waals surface area contributed by atoms with E-state index in [0.717, 1.165) is 44.2 Å². The fraction of sp³-hybridized carbons (Fsp3) is 0.375. The van der Waals surface area contributed by atoms with Crippen LogP contribution in [0.25, 0.3) is 0 Å². The van der Waals surface area contributed by atoms with E-state index in [9.17, 15) is 9.18 Å². The molecule has 0 amide bonds. The van der Waals surface area contributed by atoms with E-state index in [2.05, 4.69) is 28.9 Å². The van der Waals surface area contributed by atoms with Crippen molar-refractivity contribution in [1.29, 1.82) is 0 Å². The van der Waals surface area contributed by atoms with E-state index in [-0.39, 0.29) is 23.9 Å². The van der Waals surface area contributed by atoms with Gasteiger partial charge in [0.25, 0.3) is 0 Å². The molecule has 4 rings (SSSR count). The molecule has 2 aromatic carbocycles. The van der Waals surface area contributed by atoms with Crippen molar-refractivity contribution in [2.75, 3.05) is 13.7 Å². The van der Waals surface area contributed by atoms with Crippen LogP contribution in [-0.4, -0.2) is 30.6 Å². The van der Waals surface area contributed by atoms with Crippen LogP contribution in [0.15, 0.2) is 42.5 Å². The number of ether oxygens (including phenoxy) is 1. The van der Waals surface area contributed by atoms with Crippen molar-refractivity contribution in [3.63, 3.8) is 0 Å². The topological polar surface area (TPSA) is 29.5 Å². The molecular weight excluding hydrogens is 353 g/mol. The Kier molecular flexibility index (Phi) is 5.45. The molecule has 1 saturated heterocycles. The molecular formula is C24H24FNO2. The van der Waals surface area contributed by atoms with Crippen molar-refractivity contribution in [3.05, 3.63) is 70.5 Å². The fourth-order valence-corrected chi connectivity index (χ4v) is 4.44. The van der Waals surface area contributed by atoms with E-state index in [1.54, 1.807) is 6.07 Å². The van der Waals surface area contributed by atoms with Crippen LogP contribution in [0.1, 0.15) is 54.0 Å². The summed E-state index contributed by atoms with van der Waals surface area (Å²) in [5.74, 6) is 5.79. The van der Waals surface area contributed by atoms with E-state index in [1.807, 2.05) is 12.1 Å². The van der Waals surface area contributed by atoms with E-state index in [4.69, 9.17) is 4.74 Å². The van der Waals surface area contributed by atoms with Gasteiger partial charge in [-0.2, -0.15) is 0 Å². The Bertz CT molecular complexity index is 943. The highest BCUT2D eigenvalue weighted by atomic mass is 19.1. The van der Waals surface area contributed by atoms with Crippen LogP contribution < -0.4 is 0 Å². The summed E-state index contributed by atoms with van der Waals surface area (Å²) in [5, 5.41) is 0. The minimum absolute atomic E-state index is 0.120. The van der Waals surface area contributed by atoms with Gasteiger partial charge in [-0.1, -0.05) is 30.4 Å². The second kappa shape index (κ2) is 8.16. The summed E-state index contributed by atoms with van der Waals surface area (Å²) in [6.45, 7) is 0.936. The number of benzene rings is 2. The molecule has 2 aromatic rings. The first-order chi connectivity index (χ1) is 13.7. The Morgan fingerprint density at radius 3 is 2.71 bits per heavy atom. The lowest BCUT2D eigenvalue weighted by atomic mass is 9.96. The monoisotopic (exact) mass is 377 g/mol. The molecule has 2 atom stereocenters. The zero-order valence-electron chi connectivity index (χ0n) is 16.1. The fourth-order valence-electron chi connectivity index (χ4n) is 4.44. The first-order valence-electron chi connectivity index (χ1n) is 9.89. The van der Waals surface area contributed by atoms with Gasteiger partial charge in [-0.15, -0.1) is 0 Å². The van der Waals surface area contributed by atoms with E-state index in [0.29, 0.717) is 5.56 Å². The Hall–Kier alpha value is -2.64. The van der Waals surface area contributed by atoms with Gasteiger partial charge in [-0.25, -0.2) is 4.39 Å². The Balaban J connectivity index is 1.56. The van der Waals surface area contributed by atoms with Crippen molar-refractivity contribution in [1.82, 2.24) is 4.90 Å². The number of rotatable bonds is 2. The van der Waals surface area contributed by atoms with E-state index < -0.39 is 0 Å². The van der Waals surface area contributed by atoms with Crippen LogP contribution in [0, 0.1) is 17.7 Å². The molecule has 0 spiro atoms. The number of halogens is 1. The van der Waals surface area contributed by atoms with E-state index >= 15 is 0 Å². The molecule has 4 heteroatoms. The third kappa shape index (κ3) is 3.81. The Labute approximate surface area is 165 Å². The standard InChI is InChI=1S/C24H24FNO2/c1-28-24(27)23-7-2-3-14-26(23)22-13-11-19-15-18(10-12-21(19)22)9-8-17-5-4-6-20(25)16-17/h4-6,10,12,15-16,22-23H,2-3,7,11,13-14H2,1H3/t22-,23+/m1/s1. The predicted molar refractivity (Wildman–Crippen MR) is 106 cm³/mol. The molecule has 0 N–H and O–H groups in total. The number of esters is 1. The van der Waals surface area contributed by atoms with Gasteiger partial charge in [0.05, 0.1) is 7.11 Å². The molecule has 0 bridgehead atoms. The number of fused-ring (bicyclic) bond motifs is 1. The second-order valence-corrected chi connectivity index (χ2v) is 7.50. The number of hydrogen-bond acceptors (Lipinski definition) is 3. The predicted octanol–water partition coefficient (Wildman–Crippen LogP) is 4.24. The Morgan fingerprint density at radius 2 is 1.93 bits per heavy atom. The number of methoxy groups -OCH3 is 1. The average Bonchev–Trinajstić information content (AvgIpc) is 3.15. The van der Waals surface area contributed by atoms with E-state index in [1.165, 1.54) is 30.4 Å². The minimum atomic E-state index is -0.273. The lowest BCUT2D eigenvalue weighted by molar-refractivity contribution is -0.149. The summed E-state index contributed by atoms with van der Waals surface area (Å²) >= 11 is 0. The molecule has 0 aromatic heterocycles. The highest BCUT2D eigenvalue weighted by Gasteiger charge is 2.37. The smallest absolute Gasteiger partial charge is 0.323 e. The van der Waals surface area contributed by atoms with Gasteiger partial charge in [0.1, 0.15) is 11.9 Å². The third-order valence-electron chi connectivity index (χ3n) is 5.78. The second-order valence-electron chi connectivity index (χ2n) is 7.50. The number of hydrogen-bond donors (Lipinski definition) is 0. The zero-order chi connectivity index (χ0) is 19.5. The normalized spacial score (nSPS) is 21.5. The molecule has 3 nitrogen and oxygen atoms in total. The van der Waals surface area contributed by atoms with Crippen LogP contribution in [0.3, 0.4) is 0 Å². The Morgan fingerprint density at radius 1 is 1.11 bits per heavy atom. The first-order valence-corrected chi connectivity index (χ1v) is 9.89. The number of piperidine rings is 1. The van der Waals surface area contributed by atoms with Crippen molar-refractivity contribution < 1.29 is 13.9 Å². The lowest BCUT2D eigenvalue weighted by Gasteiger charge is -2.38. The summed E-state index contributed by atoms with van der Waals surface area (Å²) < 4.78 is 18.3. The molecule has 144 valence electrons. The maximum absolute atomic E-state index is 13.3. The summed E-state index contributed by atoms with van der Waals surface area (Å²) in [6.07, 6.45) is 5.07. The molecule has 1 fully saturated rings. The van der Waals surface area contributed by atoms with Crippen molar-refractivity contribution >= 4 is 5.97 Å². The minimum Gasteiger partial charge on any atom is -0.468 e. The van der Waals surface area contributed by atoms with Crippen LogP contribution in [0.2, 0.25) is 0 Å². The largest absolute Gasteiger partial charge is 0.468 e. The number of carbonyl (C=O) groups excluding carboxylic acids is 1. The quantitative estimate of drug-likeness (QED) is 0.579. The van der Waals surface area contributed by atoms with Crippen LogP contribution in [0.4, 0.5) is 4.39 Å². The molecule has 0 unspecified atom stereocenters. The van der Waals surface area contributed by atoms with Gasteiger partial charge >= 0.3 is 5.97 Å². The van der Waals surface area contributed by atoms with Crippen molar-refractivity contribution in [2.45, 2.75) is 44.2 Å². The molecule has 0 saturated carbocycles. The van der Waals surface area contributed by atoms with Crippen molar-refractivity contribution in [3.8, 4) is 11.8 Å². The van der Waals surface area contributed by atoms with Gasteiger partial charge in [0, 0.05) is 17.2 Å². The maximum atomic E-state index is 13.3. The molecule has 1 heterocycles. The average molecular weight is 377 g/mol. The van der Waals surface area contributed by atoms with Gasteiger partial charge in [-0.3, -0.25) is 9.69 Å². The third-order valence-corrected chi connectivity index (χ3v) is 5.78. The SMILES string of the molecule is COC(=O)[C@@H]1CCCCN1[C@@H]1CCc2cc(C#Cc3cccc(F)c3)ccc21. The maximum Gasteiger partial charge on any atom is 0.323 e. The van der Waals surface area contributed by atoms with Crippen LogP contribution >= 0.6 is 0 Å². The summed E-state index contributed by atoms with van der Waals surface area (Å²) in [7, 11) is 1.47. The van der Waals surface area contributed by atoms with Gasteiger partial charge in [-0.05, 0) is 73.7 Å². The highest BCUT2D eigenvalue weighted by molar-refractivity contribution is 5.75. The molecule has 0 radical (unpaired) electrons. The summed E-state index contributed by atoms with van der Waals surface area (Å²) in [4.78, 5) is 14.6. The number of likely N-dealkylation sites (tertiary alicyclic amines) is 1. The van der Waals surface area contributed by atoms with Crippen LogP contribution in [-0.2, 0) is 16.0 Å². The number of nitrogens with zero attached hydrogens (tertiary/aromatic N) is 1. The highest BCUT2D eigenvalue weighted by Crippen LogP contribution is 2.39. The molecule has 1 aliphatic carbocycles. The summed E-state index contributed by atoms with van der Waals surface area (Å²) in [5.41, 5.74) is 4.21. The van der Waals surface area contributed by atoms with Crippen molar-refractivity contribution in [2.24, 2.45) is 0 Å². The molecule has 1 aliphatic heterocycles. The zero-order valence-corrected chi connectivity index (χ0v) is 16.1. The van der Waals surface area contributed by atoms with Crippen LogP contribution in [0.5, 0.6) is 0 Å². The molecule has 28 heavy (non-hydrogen) atoms. The van der Waals surface area contributed by atoms with Gasteiger partial charge < -0.3 is 4.74 Å².